The van der Waals surface area contributed by atoms with Crippen LogP contribution < -0.4 is 14.8 Å². The van der Waals surface area contributed by atoms with Crippen molar-refractivity contribution >= 4 is 11.6 Å². The summed E-state index contributed by atoms with van der Waals surface area (Å²) in [6.45, 7) is 4.27. The lowest BCUT2D eigenvalue weighted by Crippen LogP contribution is -2.19. The van der Waals surface area contributed by atoms with Gasteiger partial charge in [0.2, 0.25) is 5.91 Å². The Labute approximate surface area is 136 Å². The molecule has 2 aromatic rings. The van der Waals surface area contributed by atoms with E-state index in [9.17, 15) is 4.79 Å². The summed E-state index contributed by atoms with van der Waals surface area (Å²) in [5.74, 6) is 1.17. The first kappa shape index (κ1) is 16.8. The van der Waals surface area contributed by atoms with Gasteiger partial charge in [0, 0.05) is 35.6 Å². The van der Waals surface area contributed by atoms with Crippen LogP contribution in [0.25, 0.3) is 0 Å². The predicted octanol–water partition coefficient (Wildman–Crippen LogP) is 3.65. The maximum atomic E-state index is 12.0. The molecule has 1 amide bonds. The topological polar surface area (TPSA) is 60.5 Å². The fourth-order valence-electron chi connectivity index (χ4n) is 1.96. The number of methoxy groups -OCH3 is 1. The second kappa shape index (κ2) is 8.17. The van der Waals surface area contributed by atoms with Crippen LogP contribution in [-0.2, 0) is 11.4 Å². The van der Waals surface area contributed by atoms with Crippen molar-refractivity contribution < 1.29 is 14.3 Å². The standard InChI is InChI=1S/C18H22N2O3/c1-4-13(2)18(21)20-15-7-8-16(22-3)17(10-15)23-12-14-6-5-9-19-11-14/h5-11,13H,4,12H2,1-3H3,(H,20,21). The van der Waals surface area contributed by atoms with Crippen LogP contribution in [0.15, 0.2) is 42.7 Å². The van der Waals surface area contributed by atoms with Gasteiger partial charge >= 0.3 is 0 Å². The van der Waals surface area contributed by atoms with E-state index in [0.29, 0.717) is 23.8 Å². The van der Waals surface area contributed by atoms with E-state index in [2.05, 4.69) is 10.3 Å². The molecule has 0 aliphatic heterocycles. The summed E-state index contributed by atoms with van der Waals surface area (Å²) in [4.78, 5) is 16.1. The van der Waals surface area contributed by atoms with Gasteiger partial charge in [-0.3, -0.25) is 9.78 Å². The lowest BCUT2D eigenvalue weighted by Gasteiger charge is -2.14. The summed E-state index contributed by atoms with van der Waals surface area (Å²) in [5, 5.41) is 2.90. The van der Waals surface area contributed by atoms with E-state index in [1.807, 2.05) is 26.0 Å². The fourth-order valence-corrected chi connectivity index (χ4v) is 1.96. The van der Waals surface area contributed by atoms with Crippen LogP contribution in [0.1, 0.15) is 25.8 Å². The highest BCUT2D eigenvalue weighted by Gasteiger charge is 2.12. The number of carbonyl (C=O) groups is 1. The Kier molecular flexibility index (Phi) is 5.97. The first-order chi connectivity index (χ1) is 11.1. The summed E-state index contributed by atoms with van der Waals surface area (Å²) >= 11 is 0. The number of rotatable bonds is 7. The van der Waals surface area contributed by atoms with Crippen molar-refractivity contribution in [2.45, 2.75) is 26.9 Å². The summed E-state index contributed by atoms with van der Waals surface area (Å²) < 4.78 is 11.1. The third-order valence-electron chi connectivity index (χ3n) is 3.61. The van der Waals surface area contributed by atoms with Crippen molar-refractivity contribution in [3.8, 4) is 11.5 Å². The Hall–Kier alpha value is -2.56. The number of nitrogens with zero attached hydrogens (tertiary/aromatic N) is 1. The van der Waals surface area contributed by atoms with Crippen molar-refractivity contribution in [2.24, 2.45) is 5.92 Å². The Bertz CT molecular complexity index is 644. The molecular formula is C18H22N2O3. The van der Waals surface area contributed by atoms with Gasteiger partial charge in [-0.25, -0.2) is 0 Å². The van der Waals surface area contributed by atoms with Crippen molar-refractivity contribution in [1.82, 2.24) is 4.98 Å². The molecule has 0 fully saturated rings. The molecule has 122 valence electrons. The van der Waals surface area contributed by atoms with Crippen molar-refractivity contribution in [3.05, 3.63) is 48.3 Å². The smallest absolute Gasteiger partial charge is 0.227 e. The Morgan fingerprint density at radius 1 is 1.30 bits per heavy atom. The maximum Gasteiger partial charge on any atom is 0.227 e. The number of ether oxygens (including phenoxy) is 2. The van der Waals surface area contributed by atoms with E-state index in [-0.39, 0.29) is 11.8 Å². The molecule has 5 heteroatoms. The first-order valence-corrected chi connectivity index (χ1v) is 7.64. The van der Waals surface area contributed by atoms with Crippen LogP contribution >= 0.6 is 0 Å². The van der Waals surface area contributed by atoms with Gasteiger partial charge < -0.3 is 14.8 Å². The minimum absolute atomic E-state index is 0.00382. The molecule has 5 nitrogen and oxygen atoms in total. The SMILES string of the molecule is CCC(C)C(=O)Nc1ccc(OC)c(OCc2cccnc2)c1. The van der Waals surface area contributed by atoms with Gasteiger partial charge in [-0.05, 0) is 24.6 Å². The molecule has 1 atom stereocenters. The van der Waals surface area contributed by atoms with Crippen LogP contribution in [0.5, 0.6) is 11.5 Å². The van der Waals surface area contributed by atoms with Gasteiger partial charge in [0.05, 0.1) is 7.11 Å². The largest absolute Gasteiger partial charge is 0.493 e. The van der Waals surface area contributed by atoms with Crippen molar-refractivity contribution in [1.29, 1.82) is 0 Å². The highest BCUT2D eigenvalue weighted by molar-refractivity contribution is 5.92. The highest BCUT2D eigenvalue weighted by atomic mass is 16.5. The third-order valence-corrected chi connectivity index (χ3v) is 3.61. The minimum atomic E-state index is -0.0307. The van der Waals surface area contributed by atoms with Gasteiger partial charge in [0.1, 0.15) is 6.61 Å². The second-order valence-corrected chi connectivity index (χ2v) is 5.31. The lowest BCUT2D eigenvalue weighted by molar-refractivity contribution is -0.119. The molecule has 0 spiro atoms. The summed E-state index contributed by atoms with van der Waals surface area (Å²) in [5.41, 5.74) is 1.65. The number of aromatic nitrogens is 1. The number of carbonyl (C=O) groups excluding carboxylic acids is 1. The van der Waals surface area contributed by atoms with Gasteiger partial charge in [0.25, 0.3) is 0 Å². The van der Waals surface area contributed by atoms with Gasteiger partial charge in [-0.2, -0.15) is 0 Å². The van der Waals surface area contributed by atoms with Crippen LogP contribution in [0.2, 0.25) is 0 Å². The molecule has 1 N–H and O–H groups in total. The van der Waals surface area contributed by atoms with E-state index >= 15 is 0 Å². The second-order valence-electron chi connectivity index (χ2n) is 5.31. The fraction of sp³-hybridized carbons (Fsp3) is 0.333. The number of nitrogens with one attached hydrogen (secondary N) is 1. The van der Waals surface area contributed by atoms with E-state index in [1.165, 1.54) is 0 Å². The first-order valence-electron chi connectivity index (χ1n) is 7.64. The molecule has 0 bridgehead atoms. The normalized spacial score (nSPS) is 11.6. The molecule has 1 unspecified atom stereocenters. The molecule has 1 aromatic carbocycles. The molecule has 1 heterocycles. The van der Waals surface area contributed by atoms with Crippen LogP contribution in [0.3, 0.4) is 0 Å². The van der Waals surface area contributed by atoms with E-state index in [0.717, 1.165) is 12.0 Å². The molecule has 1 aromatic heterocycles. The van der Waals surface area contributed by atoms with Crippen molar-refractivity contribution in [3.63, 3.8) is 0 Å². The number of anilines is 1. The number of pyridine rings is 1. The van der Waals surface area contributed by atoms with Crippen LogP contribution in [0.4, 0.5) is 5.69 Å². The Morgan fingerprint density at radius 3 is 2.78 bits per heavy atom. The summed E-state index contributed by atoms with van der Waals surface area (Å²) in [6.07, 6.45) is 4.27. The van der Waals surface area contributed by atoms with Crippen LogP contribution in [0, 0.1) is 5.92 Å². The van der Waals surface area contributed by atoms with Crippen LogP contribution in [-0.4, -0.2) is 18.0 Å². The Morgan fingerprint density at radius 2 is 2.13 bits per heavy atom. The average molecular weight is 314 g/mol. The molecular weight excluding hydrogens is 292 g/mol. The zero-order chi connectivity index (χ0) is 16.7. The predicted molar refractivity (Wildman–Crippen MR) is 89.6 cm³/mol. The average Bonchev–Trinajstić information content (AvgIpc) is 2.60. The molecule has 0 saturated carbocycles. The summed E-state index contributed by atoms with van der Waals surface area (Å²) in [7, 11) is 1.59. The third kappa shape index (κ3) is 4.71. The zero-order valence-corrected chi connectivity index (χ0v) is 13.7. The number of hydrogen-bond donors (Lipinski definition) is 1. The number of benzene rings is 1. The number of hydrogen-bond acceptors (Lipinski definition) is 4. The monoisotopic (exact) mass is 314 g/mol. The highest BCUT2D eigenvalue weighted by Crippen LogP contribution is 2.31. The van der Waals surface area contributed by atoms with Crippen molar-refractivity contribution in [2.75, 3.05) is 12.4 Å². The number of amides is 1. The molecule has 23 heavy (non-hydrogen) atoms. The quantitative estimate of drug-likeness (QED) is 0.847. The minimum Gasteiger partial charge on any atom is -0.493 e. The zero-order valence-electron chi connectivity index (χ0n) is 13.7. The molecule has 0 saturated heterocycles. The van der Waals surface area contributed by atoms with E-state index in [1.54, 1.807) is 37.7 Å². The molecule has 0 radical (unpaired) electrons. The van der Waals surface area contributed by atoms with Gasteiger partial charge in [0.15, 0.2) is 11.5 Å². The lowest BCUT2D eigenvalue weighted by atomic mass is 10.1. The van der Waals surface area contributed by atoms with E-state index < -0.39 is 0 Å². The van der Waals surface area contributed by atoms with Gasteiger partial charge in [-0.15, -0.1) is 0 Å². The molecule has 2 rings (SSSR count). The van der Waals surface area contributed by atoms with Gasteiger partial charge in [-0.1, -0.05) is 19.9 Å². The maximum absolute atomic E-state index is 12.0. The summed E-state index contributed by atoms with van der Waals surface area (Å²) in [6, 6.07) is 9.16. The Balaban J connectivity index is 2.10. The molecule has 0 aliphatic carbocycles. The van der Waals surface area contributed by atoms with E-state index in [4.69, 9.17) is 9.47 Å². The molecule has 0 aliphatic rings.